The van der Waals surface area contributed by atoms with Gasteiger partial charge in [0.2, 0.25) is 0 Å². The zero-order chi connectivity index (χ0) is 13.4. The summed E-state index contributed by atoms with van der Waals surface area (Å²) in [6.45, 7) is 1.61. The number of nitrogens with zero attached hydrogens (tertiary/aromatic N) is 2. The Morgan fingerprint density at radius 1 is 1.47 bits per heavy atom. The lowest BCUT2D eigenvalue weighted by Gasteiger charge is -2.26. The molecule has 2 heterocycles. The van der Waals surface area contributed by atoms with Gasteiger partial charge in [-0.3, -0.25) is 4.98 Å². The number of rotatable bonds is 2. The van der Waals surface area contributed by atoms with E-state index in [4.69, 9.17) is 10.5 Å². The highest BCUT2D eigenvalue weighted by atomic mass is 79.9. The summed E-state index contributed by atoms with van der Waals surface area (Å²) in [5, 5.41) is 0.984. The molecule has 0 saturated carbocycles. The van der Waals surface area contributed by atoms with Crippen LogP contribution in [0.25, 0.3) is 10.9 Å². The summed E-state index contributed by atoms with van der Waals surface area (Å²) in [7, 11) is 2.09. The van der Waals surface area contributed by atoms with E-state index in [1.54, 1.807) is 0 Å². The number of hydrogen-bond donors (Lipinski definition) is 1. The van der Waals surface area contributed by atoms with Crippen molar-refractivity contribution >= 4 is 38.2 Å². The topological polar surface area (TPSA) is 51.4 Å². The average Bonchev–Trinajstić information content (AvgIpc) is 2.93. The van der Waals surface area contributed by atoms with Gasteiger partial charge in [-0.05, 0) is 40.5 Å². The van der Waals surface area contributed by atoms with Gasteiger partial charge in [0.15, 0.2) is 0 Å². The molecule has 1 aliphatic heterocycles. The molecular weight excluding hydrogens is 306 g/mol. The lowest BCUT2D eigenvalue weighted by atomic mass is 10.1. The van der Waals surface area contributed by atoms with Crippen LogP contribution < -0.4 is 10.6 Å². The van der Waals surface area contributed by atoms with Crippen molar-refractivity contribution in [2.75, 3.05) is 30.9 Å². The summed E-state index contributed by atoms with van der Waals surface area (Å²) >= 11 is 3.44. The third kappa shape index (κ3) is 2.28. The van der Waals surface area contributed by atoms with Gasteiger partial charge >= 0.3 is 0 Å². The van der Waals surface area contributed by atoms with Gasteiger partial charge in [-0.1, -0.05) is 0 Å². The van der Waals surface area contributed by atoms with Crippen LogP contribution in [-0.4, -0.2) is 31.3 Å². The molecule has 1 aromatic heterocycles. The van der Waals surface area contributed by atoms with Gasteiger partial charge in [-0.25, -0.2) is 0 Å². The fourth-order valence-corrected chi connectivity index (χ4v) is 2.84. The number of nitrogens with two attached hydrogens (primary N) is 1. The highest BCUT2D eigenvalue weighted by Gasteiger charge is 2.22. The van der Waals surface area contributed by atoms with Crippen LogP contribution in [0.2, 0.25) is 0 Å². The van der Waals surface area contributed by atoms with Crippen LogP contribution in [0.15, 0.2) is 28.9 Å². The van der Waals surface area contributed by atoms with E-state index in [2.05, 4.69) is 32.9 Å². The Kier molecular flexibility index (Phi) is 3.33. The highest BCUT2D eigenvalue weighted by Crippen LogP contribution is 2.32. The van der Waals surface area contributed by atoms with Crippen LogP contribution in [0.4, 0.5) is 11.4 Å². The van der Waals surface area contributed by atoms with Crippen LogP contribution in [0.3, 0.4) is 0 Å². The second kappa shape index (κ2) is 4.98. The van der Waals surface area contributed by atoms with Crippen molar-refractivity contribution < 1.29 is 4.74 Å². The van der Waals surface area contributed by atoms with Crippen molar-refractivity contribution in [3.63, 3.8) is 0 Å². The van der Waals surface area contributed by atoms with E-state index in [9.17, 15) is 0 Å². The normalized spacial score (nSPS) is 18.9. The Balaban J connectivity index is 2.10. The largest absolute Gasteiger partial charge is 0.398 e. The molecule has 4 nitrogen and oxygen atoms in total. The van der Waals surface area contributed by atoms with Gasteiger partial charge in [0.25, 0.3) is 0 Å². The summed E-state index contributed by atoms with van der Waals surface area (Å²) in [6.07, 6.45) is 2.86. The van der Waals surface area contributed by atoms with Crippen molar-refractivity contribution in [1.82, 2.24) is 4.98 Å². The molecule has 19 heavy (non-hydrogen) atoms. The predicted octanol–water partition coefficient (Wildman–Crippen LogP) is 2.80. The first-order chi connectivity index (χ1) is 9.16. The lowest BCUT2D eigenvalue weighted by molar-refractivity contribution is 0.193. The Morgan fingerprint density at radius 2 is 2.32 bits per heavy atom. The molecule has 2 N–H and O–H groups in total. The maximum absolute atomic E-state index is 6.04. The summed E-state index contributed by atoms with van der Waals surface area (Å²) in [5.41, 5.74) is 8.84. The van der Waals surface area contributed by atoms with Crippen molar-refractivity contribution in [3.8, 4) is 0 Å². The number of nitrogen functional groups attached to an aromatic ring is 1. The fraction of sp³-hybridized carbons (Fsp3) is 0.357. The molecule has 5 heteroatoms. The van der Waals surface area contributed by atoms with Crippen LogP contribution in [0.1, 0.15) is 6.42 Å². The van der Waals surface area contributed by atoms with E-state index in [0.29, 0.717) is 6.04 Å². The van der Waals surface area contributed by atoms with Crippen LogP contribution in [-0.2, 0) is 4.74 Å². The van der Waals surface area contributed by atoms with E-state index in [0.717, 1.165) is 46.4 Å². The summed E-state index contributed by atoms with van der Waals surface area (Å²) < 4.78 is 6.40. The number of fused-ring (bicyclic) bond motifs is 1. The Labute approximate surface area is 120 Å². The van der Waals surface area contributed by atoms with Gasteiger partial charge in [0.1, 0.15) is 0 Å². The Bertz CT molecular complexity index is 611. The maximum atomic E-state index is 6.04. The number of pyridine rings is 1. The van der Waals surface area contributed by atoms with Gasteiger partial charge in [0.05, 0.1) is 23.9 Å². The monoisotopic (exact) mass is 321 g/mol. The number of ether oxygens (including phenoxy) is 1. The molecule has 0 aliphatic carbocycles. The first-order valence-electron chi connectivity index (χ1n) is 6.31. The first kappa shape index (κ1) is 12.7. The van der Waals surface area contributed by atoms with E-state index < -0.39 is 0 Å². The molecule has 3 rings (SSSR count). The molecule has 0 spiro atoms. The molecule has 1 saturated heterocycles. The van der Waals surface area contributed by atoms with Gasteiger partial charge < -0.3 is 15.4 Å². The zero-order valence-corrected chi connectivity index (χ0v) is 12.4. The van der Waals surface area contributed by atoms with Crippen LogP contribution >= 0.6 is 15.9 Å². The van der Waals surface area contributed by atoms with E-state index >= 15 is 0 Å². The quantitative estimate of drug-likeness (QED) is 0.864. The Morgan fingerprint density at radius 3 is 3.05 bits per heavy atom. The molecule has 1 aliphatic rings. The number of likely N-dealkylation sites (N-methyl/N-ethyl adjacent to an activating group) is 1. The van der Waals surface area contributed by atoms with Gasteiger partial charge in [-0.15, -0.1) is 0 Å². The molecule has 0 bridgehead atoms. The third-order valence-corrected chi connectivity index (χ3v) is 4.10. The Hall–Kier alpha value is -1.33. The summed E-state index contributed by atoms with van der Waals surface area (Å²) in [6, 6.07) is 6.41. The standard InChI is InChI=1S/C14H16BrN3O/c1-18(10-4-5-19-8-10)13-3-2-12(16)11-6-9(15)7-17-14(11)13/h2-3,6-7,10H,4-5,8,16H2,1H3. The summed E-state index contributed by atoms with van der Waals surface area (Å²) in [4.78, 5) is 6.77. The number of aromatic nitrogens is 1. The summed E-state index contributed by atoms with van der Waals surface area (Å²) in [5.74, 6) is 0. The van der Waals surface area contributed by atoms with Gasteiger partial charge in [0, 0.05) is 35.4 Å². The van der Waals surface area contributed by atoms with Crippen LogP contribution in [0.5, 0.6) is 0 Å². The first-order valence-corrected chi connectivity index (χ1v) is 7.10. The minimum Gasteiger partial charge on any atom is -0.398 e. The number of benzene rings is 1. The number of halogens is 1. The second-order valence-corrected chi connectivity index (χ2v) is 5.77. The third-order valence-electron chi connectivity index (χ3n) is 3.66. The predicted molar refractivity (Wildman–Crippen MR) is 81.5 cm³/mol. The number of hydrogen-bond acceptors (Lipinski definition) is 4. The highest BCUT2D eigenvalue weighted by molar-refractivity contribution is 9.10. The molecule has 100 valence electrons. The minimum absolute atomic E-state index is 0.414. The smallest absolute Gasteiger partial charge is 0.0956 e. The van der Waals surface area contributed by atoms with Crippen molar-refractivity contribution in [3.05, 3.63) is 28.9 Å². The van der Waals surface area contributed by atoms with Crippen molar-refractivity contribution in [2.45, 2.75) is 12.5 Å². The fourth-order valence-electron chi connectivity index (χ4n) is 2.51. The zero-order valence-electron chi connectivity index (χ0n) is 10.8. The maximum Gasteiger partial charge on any atom is 0.0956 e. The van der Waals surface area contributed by atoms with Crippen molar-refractivity contribution in [1.29, 1.82) is 0 Å². The minimum atomic E-state index is 0.414. The molecule has 0 amide bonds. The van der Waals surface area contributed by atoms with E-state index in [-0.39, 0.29) is 0 Å². The van der Waals surface area contributed by atoms with E-state index in [1.165, 1.54) is 0 Å². The van der Waals surface area contributed by atoms with E-state index in [1.807, 2.05) is 24.4 Å². The molecule has 1 unspecified atom stereocenters. The molecule has 1 aromatic carbocycles. The van der Waals surface area contributed by atoms with Crippen molar-refractivity contribution in [2.24, 2.45) is 0 Å². The SMILES string of the molecule is CN(c1ccc(N)c2cc(Br)cnc12)C1CCOC1. The van der Waals surface area contributed by atoms with Gasteiger partial charge in [-0.2, -0.15) is 0 Å². The molecule has 0 radical (unpaired) electrons. The lowest BCUT2D eigenvalue weighted by Crippen LogP contribution is -2.32. The second-order valence-electron chi connectivity index (χ2n) is 4.85. The molecular formula is C14H16BrN3O. The molecule has 1 fully saturated rings. The molecule has 2 aromatic rings. The number of anilines is 2. The molecule has 1 atom stereocenters. The average molecular weight is 322 g/mol. The van der Waals surface area contributed by atoms with Crippen LogP contribution in [0, 0.1) is 0 Å².